The summed E-state index contributed by atoms with van der Waals surface area (Å²) >= 11 is 0. The fraction of sp³-hybridized carbons (Fsp3) is 0.476. The number of hydrogen-bond acceptors (Lipinski definition) is 5. The molecule has 30 heavy (non-hydrogen) atoms. The highest BCUT2D eigenvalue weighted by Crippen LogP contribution is 2.21. The van der Waals surface area contributed by atoms with E-state index in [1.165, 1.54) is 5.56 Å². The van der Waals surface area contributed by atoms with Gasteiger partial charge in [-0.15, -0.1) is 24.0 Å². The van der Waals surface area contributed by atoms with Gasteiger partial charge in [0.05, 0.1) is 5.69 Å². The standard InChI is InChI=1S/C21H28N6O2.HI/c1-22-21(26-12-10-25(11-13-26)16-18-8-14-29-24-18)23-15-17-4-6-19(7-5-17)27-9-2-3-20(27)28;/h4-8,14H,2-3,9-13,15-16H2,1H3,(H,22,23);1H. The first-order valence-corrected chi connectivity index (χ1v) is 10.2. The Morgan fingerprint density at radius 1 is 1.13 bits per heavy atom. The van der Waals surface area contributed by atoms with Gasteiger partial charge in [0, 0.05) is 71.0 Å². The van der Waals surface area contributed by atoms with Gasteiger partial charge in [-0.05, 0) is 24.1 Å². The van der Waals surface area contributed by atoms with Gasteiger partial charge in [-0.25, -0.2) is 0 Å². The summed E-state index contributed by atoms with van der Waals surface area (Å²) in [5.41, 5.74) is 3.13. The van der Waals surface area contributed by atoms with Gasteiger partial charge in [-0.3, -0.25) is 14.7 Å². The van der Waals surface area contributed by atoms with Crippen LogP contribution in [0.4, 0.5) is 5.69 Å². The Labute approximate surface area is 194 Å². The average molecular weight is 524 g/mol. The molecule has 0 radical (unpaired) electrons. The minimum atomic E-state index is 0. The molecule has 1 aromatic heterocycles. The van der Waals surface area contributed by atoms with Crippen LogP contribution >= 0.6 is 24.0 Å². The third kappa shape index (κ3) is 5.51. The van der Waals surface area contributed by atoms with E-state index in [2.05, 4.69) is 37.4 Å². The second-order valence-corrected chi connectivity index (χ2v) is 7.47. The molecule has 2 aliphatic heterocycles. The summed E-state index contributed by atoms with van der Waals surface area (Å²) in [5, 5.41) is 7.45. The number of halogens is 1. The molecule has 8 nitrogen and oxygen atoms in total. The molecular formula is C21H29IN6O2. The van der Waals surface area contributed by atoms with Crippen molar-refractivity contribution in [3.8, 4) is 0 Å². The Hall–Kier alpha value is -2.14. The number of carbonyl (C=O) groups is 1. The molecule has 1 N–H and O–H groups in total. The van der Waals surface area contributed by atoms with Gasteiger partial charge in [-0.1, -0.05) is 17.3 Å². The van der Waals surface area contributed by atoms with Crippen molar-refractivity contribution in [2.24, 2.45) is 4.99 Å². The highest BCUT2D eigenvalue weighted by atomic mass is 127. The lowest BCUT2D eigenvalue weighted by Crippen LogP contribution is -2.52. The van der Waals surface area contributed by atoms with E-state index in [1.54, 1.807) is 6.26 Å². The molecule has 0 bridgehead atoms. The number of benzene rings is 1. The van der Waals surface area contributed by atoms with Gasteiger partial charge in [-0.2, -0.15) is 0 Å². The molecule has 0 spiro atoms. The maximum Gasteiger partial charge on any atom is 0.227 e. The maximum absolute atomic E-state index is 11.9. The predicted molar refractivity (Wildman–Crippen MR) is 127 cm³/mol. The largest absolute Gasteiger partial charge is 0.364 e. The van der Waals surface area contributed by atoms with Crippen LogP contribution in [-0.4, -0.2) is 66.6 Å². The number of carbonyl (C=O) groups excluding carboxylic acids is 1. The molecule has 1 amide bonds. The lowest BCUT2D eigenvalue weighted by atomic mass is 10.2. The number of piperazine rings is 1. The number of nitrogens with one attached hydrogen (secondary N) is 1. The molecule has 4 rings (SSSR count). The average Bonchev–Trinajstić information content (AvgIpc) is 3.42. The van der Waals surface area contributed by atoms with Gasteiger partial charge in [0.25, 0.3) is 0 Å². The van der Waals surface area contributed by atoms with Crippen LogP contribution < -0.4 is 10.2 Å². The first-order chi connectivity index (χ1) is 14.2. The number of aromatic nitrogens is 1. The Kier molecular flexibility index (Phi) is 8.08. The molecule has 0 saturated carbocycles. The second-order valence-electron chi connectivity index (χ2n) is 7.47. The number of anilines is 1. The molecule has 0 aliphatic carbocycles. The molecule has 9 heteroatoms. The predicted octanol–water partition coefficient (Wildman–Crippen LogP) is 2.31. The van der Waals surface area contributed by atoms with Crippen LogP contribution in [0.15, 0.2) is 46.1 Å². The number of guanidine groups is 1. The van der Waals surface area contributed by atoms with Crippen LogP contribution in [-0.2, 0) is 17.9 Å². The van der Waals surface area contributed by atoms with Gasteiger partial charge in [0.15, 0.2) is 5.96 Å². The minimum Gasteiger partial charge on any atom is -0.364 e. The first kappa shape index (κ1) is 22.5. The van der Waals surface area contributed by atoms with E-state index >= 15 is 0 Å². The van der Waals surface area contributed by atoms with Crippen LogP contribution in [0.1, 0.15) is 24.1 Å². The molecule has 162 valence electrons. The van der Waals surface area contributed by atoms with Crippen molar-refractivity contribution < 1.29 is 9.32 Å². The molecule has 2 fully saturated rings. The third-order valence-electron chi connectivity index (χ3n) is 5.53. The first-order valence-electron chi connectivity index (χ1n) is 10.2. The zero-order chi connectivity index (χ0) is 20.1. The molecule has 2 aliphatic rings. The van der Waals surface area contributed by atoms with Gasteiger partial charge < -0.3 is 19.6 Å². The normalized spacial score (nSPS) is 17.9. The van der Waals surface area contributed by atoms with E-state index in [0.717, 1.165) is 63.0 Å². The lowest BCUT2D eigenvalue weighted by molar-refractivity contribution is -0.117. The van der Waals surface area contributed by atoms with Crippen molar-refractivity contribution >= 4 is 41.5 Å². The molecule has 0 unspecified atom stereocenters. The van der Waals surface area contributed by atoms with Gasteiger partial charge in [0.1, 0.15) is 6.26 Å². The SMILES string of the molecule is CN=C(NCc1ccc(N2CCCC2=O)cc1)N1CCN(Cc2ccon2)CC1.I. The number of hydrogen-bond donors (Lipinski definition) is 1. The van der Waals surface area contributed by atoms with E-state index in [9.17, 15) is 4.79 Å². The van der Waals surface area contributed by atoms with E-state index < -0.39 is 0 Å². The number of nitrogens with zero attached hydrogens (tertiary/aromatic N) is 5. The number of aliphatic imine (C=N–C) groups is 1. The summed E-state index contributed by atoms with van der Waals surface area (Å²) in [4.78, 5) is 22.9. The minimum absolute atomic E-state index is 0. The van der Waals surface area contributed by atoms with Crippen LogP contribution in [0.3, 0.4) is 0 Å². The monoisotopic (exact) mass is 524 g/mol. The molecular weight excluding hydrogens is 495 g/mol. The number of rotatable bonds is 5. The Morgan fingerprint density at radius 2 is 1.90 bits per heavy atom. The van der Waals surface area contributed by atoms with Crippen molar-refractivity contribution in [1.29, 1.82) is 0 Å². The van der Waals surface area contributed by atoms with E-state index in [0.29, 0.717) is 13.0 Å². The molecule has 3 heterocycles. The number of amides is 1. The van der Waals surface area contributed by atoms with Crippen molar-refractivity contribution in [3.05, 3.63) is 47.9 Å². The zero-order valence-corrected chi connectivity index (χ0v) is 19.6. The van der Waals surface area contributed by atoms with Crippen LogP contribution in [0.25, 0.3) is 0 Å². The summed E-state index contributed by atoms with van der Waals surface area (Å²) in [5.74, 6) is 1.14. The topological polar surface area (TPSA) is 77.2 Å². The van der Waals surface area contributed by atoms with Gasteiger partial charge >= 0.3 is 0 Å². The highest BCUT2D eigenvalue weighted by Gasteiger charge is 2.22. The summed E-state index contributed by atoms with van der Waals surface area (Å²) in [7, 11) is 1.83. The van der Waals surface area contributed by atoms with Crippen molar-refractivity contribution in [2.45, 2.75) is 25.9 Å². The fourth-order valence-electron chi connectivity index (χ4n) is 3.89. The quantitative estimate of drug-likeness (QED) is 0.368. The Morgan fingerprint density at radius 3 is 2.50 bits per heavy atom. The molecule has 2 aromatic rings. The highest BCUT2D eigenvalue weighted by molar-refractivity contribution is 14.0. The summed E-state index contributed by atoms with van der Waals surface area (Å²) in [6, 6.07) is 10.1. The van der Waals surface area contributed by atoms with E-state index in [1.807, 2.05) is 30.1 Å². The molecule has 2 saturated heterocycles. The van der Waals surface area contributed by atoms with Gasteiger partial charge in [0.2, 0.25) is 5.91 Å². The second kappa shape index (κ2) is 10.8. The molecule has 0 atom stereocenters. The van der Waals surface area contributed by atoms with E-state index in [-0.39, 0.29) is 29.9 Å². The van der Waals surface area contributed by atoms with Crippen LogP contribution in [0.2, 0.25) is 0 Å². The van der Waals surface area contributed by atoms with Crippen molar-refractivity contribution in [1.82, 2.24) is 20.3 Å². The van der Waals surface area contributed by atoms with Crippen LogP contribution in [0.5, 0.6) is 0 Å². The Balaban J connectivity index is 0.00000256. The van der Waals surface area contributed by atoms with Crippen LogP contribution in [0, 0.1) is 0 Å². The summed E-state index contributed by atoms with van der Waals surface area (Å²) in [6.07, 6.45) is 3.22. The van der Waals surface area contributed by atoms with Crippen molar-refractivity contribution in [2.75, 3.05) is 44.7 Å². The molecule has 1 aromatic carbocycles. The Bertz CT molecular complexity index is 832. The summed E-state index contributed by atoms with van der Waals surface area (Å²) < 4.78 is 4.91. The lowest BCUT2D eigenvalue weighted by Gasteiger charge is -2.36. The summed E-state index contributed by atoms with van der Waals surface area (Å²) in [6.45, 7) is 6.13. The maximum atomic E-state index is 11.9. The van der Waals surface area contributed by atoms with E-state index in [4.69, 9.17) is 4.52 Å². The third-order valence-corrected chi connectivity index (χ3v) is 5.53. The zero-order valence-electron chi connectivity index (χ0n) is 17.3. The van der Waals surface area contributed by atoms with Crippen molar-refractivity contribution in [3.63, 3.8) is 0 Å². The fourth-order valence-corrected chi connectivity index (χ4v) is 3.89. The smallest absolute Gasteiger partial charge is 0.227 e.